The quantitative estimate of drug-likeness (QED) is 0.860. The van der Waals surface area contributed by atoms with Gasteiger partial charge in [0.2, 0.25) is 0 Å². The van der Waals surface area contributed by atoms with Crippen molar-refractivity contribution in [1.82, 2.24) is 10.3 Å². The van der Waals surface area contributed by atoms with E-state index >= 15 is 0 Å². The molecule has 0 aliphatic carbocycles. The number of fused-ring (bicyclic) bond motifs is 1. The number of hydrogen-bond acceptors (Lipinski definition) is 4. The van der Waals surface area contributed by atoms with E-state index in [0.717, 1.165) is 24.2 Å². The molecule has 0 saturated carbocycles. The molecule has 1 heterocycles. The van der Waals surface area contributed by atoms with Crippen LogP contribution in [0.5, 0.6) is 0 Å². The van der Waals surface area contributed by atoms with Crippen LogP contribution < -0.4 is 10.2 Å². The van der Waals surface area contributed by atoms with Crippen LogP contribution in [0.4, 0.5) is 6.01 Å². The highest BCUT2D eigenvalue weighted by molar-refractivity contribution is 5.74. The highest BCUT2D eigenvalue weighted by Gasteiger charge is 2.09. The first-order valence-corrected chi connectivity index (χ1v) is 5.97. The first-order valence-electron chi connectivity index (χ1n) is 5.97. The Bertz CT molecular complexity index is 445. The van der Waals surface area contributed by atoms with Gasteiger partial charge in [-0.3, -0.25) is 0 Å². The van der Waals surface area contributed by atoms with E-state index < -0.39 is 0 Å². The number of benzene rings is 1. The van der Waals surface area contributed by atoms with Gasteiger partial charge in [0.1, 0.15) is 5.52 Å². The lowest BCUT2D eigenvalue weighted by atomic mass is 10.3. The van der Waals surface area contributed by atoms with Crippen molar-refractivity contribution in [3.63, 3.8) is 0 Å². The molecule has 0 bridgehead atoms. The van der Waals surface area contributed by atoms with Crippen molar-refractivity contribution in [2.45, 2.75) is 19.9 Å². The molecule has 1 aromatic heterocycles. The van der Waals surface area contributed by atoms with Crippen LogP contribution in [0.15, 0.2) is 28.7 Å². The summed E-state index contributed by atoms with van der Waals surface area (Å²) in [6, 6.07) is 9.00. The summed E-state index contributed by atoms with van der Waals surface area (Å²) < 4.78 is 5.67. The zero-order valence-electron chi connectivity index (χ0n) is 10.6. The second kappa shape index (κ2) is 5.19. The predicted octanol–water partition coefficient (Wildman–Crippen LogP) is 2.26. The van der Waals surface area contributed by atoms with E-state index in [9.17, 15) is 0 Å². The molecule has 17 heavy (non-hydrogen) atoms. The monoisotopic (exact) mass is 233 g/mol. The maximum atomic E-state index is 5.67. The zero-order chi connectivity index (χ0) is 12.3. The maximum absolute atomic E-state index is 5.67. The molecule has 0 amide bonds. The fourth-order valence-corrected chi connectivity index (χ4v) is 1.64. The summed E-state index contributed by atoms with van der Waals surface area (Å²) in [6.45, 7) is 6.08. The predicted molar refractivity (Wildman–Crippen MR) is 70.4 cm³/mol. The Hall–Kier alpha value is -1.55. The number of hydrogen-bond donors (Lipinski definition) is 1. The summed E-state index contributed by atoms with van der Waals surface area (Å²) in [7, 11) is 1.99. The fourth-order valence-electron chi connectivity index (χ4n) is 1.64. The van der Waals surface area contributed by atoms with Crippen molar-refractivity contribution >= 4 is 17.1 Å². The summed E-state index contributed by atoms with van der Waals surface area (Å²) in [5.41, 5.74) is 1.75. The second-order valence-corrected chi connectivity index (χ2v) is 4.49. The lowest BCUT2D eigenvalue weighted by Gasteiger charge is -2.15. The molecule has 4 heteroatoms. The maximum Gasteiger partial charge on any atom is 0.298 e. The summed E-state index contributed by atoms with van der Waals surface area (Å²) in [4.78, 5) is 6.47. The summed E-state index contributed by atoms with van der Waals surface area (Å²) in [5, 5.41) is 3.37. The number of nitrogens with one attached hydrogen (secondary N) is 1. The Morgan fingerprint density at radius 3 is 2.82 bits per heavy atom. The molecule has 2 aromatic rings. The third kappa shape index (κ3) is 2.97. The molecule has 0 unspecified atom stereocenters. The minimum absolute atomic E-state index is 0.507. The first kappa shape index (κ1) is 11.9. The van der Waals surface area contributed by atoms with Crippen LogP contribution in [-0.2, 0) is 0 Å². The SMILES string of the molecule is CC(C)NCCN(C)c1nc2ccccc2o1. The Morgan fingerprint density at radius 1 is 1.35 bits per heavy atom. The number of para-hydroxylation sites is 2. The van der Waals surface area contributed by atoms with E-state index in [4.69, 9.17) is 4.42 Å². The minimum atomic E-state index is 0.507. The average molecular weight is 233 g/mol. The lowest BCUT2D eigenvalue weighted by Crippen LogP contribution is -2.32. The molecule has 92 valence electrons. The molecule has 0 saturated heterocycles. The lowest BCUT2D eigenvalue weighted by molar-refractivity contribution is 0.552. The molecule has 1 aromatic carbocycles. The third-order valence-electron chi connectivity index (χ3n) is 2.61. The van der Waals surface area contributed by atoms with Crippen LogP contribution >= 0.6 is 0 Å². The van der Waals surface area contributed by atoms with Gasteiger partial charge in [-0.25, -0.2) is 0 Å². The van der Waals surface area contributed by atoms with Crippen molar-refractivity contribution in [3.8, 4) is 0 Å². The molecular weight excluding hydrogens is 214 g/mol. The van der Waals surface area contributed by atoms with Crippen LogP contribution in [0.25, 0.3) is 11.1 Å². The molecule has 0 fully saturated rings. The van der Waals surface area contributed by atoms with Crippen molar-refractivity contribution in [2.75, 3.05) is 25.0 Å². The van der Waals surface area contributed by atoms with Crippen molar-refractivity contribution in [2.24, 2.45) is 0 Å². The number of nitrogens with zero attached hydrogens (tertiary/aromatic N) is 2. The Labute approximate surface area is 102 Å². The smallest absolute Gasteiger partial charge is 0.298 e. The van der Waals surface area contributed by atoms with Gasteiger partial charge in [-0.15, -0.1) is 0 Å². The Balaban J connectivity index is 2.01. The molecular formula is C13H19N3O. The van der Waals surface area contributed by atoms with E-state index in [0.29, 0.717) is 12.1 Å². The molecule has 0 aliphatic rings. The number of rotatable bonds is 5. The van der Waals surface area contributed by atoms with Crippen LogP contribution in [-0.4, -0.2) is 31.2 Å². The molecule has 2 rings (SSSR count). The van der Waals surface area contributed by atoms with Crippen LogP contribution in [0.1, 0.15) is 13.8 Å². The Kier molecular flexibility index (Phi) is 3.64. The number of likely N-dealkylation sites (N-methyl/N-ethyl adjacent to an activating group) is 1. The van der Waals surface area contributed by atoms with Gasteiger partial charge in [0.05, 0.1) is 0 Å². The van der Waals surface area contributed by atoms with E-state index in [-0.39, 0.29) is 0 Å². The van der Waals surface area contributed by atoms with Gasteiger partial charge in [-0.05, 0) is 12.1 Å². The van der Waals surface area contributed by atoms with Gasteiger partial charge in [-0.1, -0.05) is 26.0 Å². The molecule has 0 aliphatic heterocycles. The van der Waals surface area contributed by atoms with Gasteiger partial charge < -0.3 is 14.6 Å². The van der Waals surface area contributed by atoms with Gasteiger partial charge in [0.15, 0.2) is 5.58 Å². The van der Waals surface area contributed by atoms with Gasteiger partial charge in [-0.2, -0.15) is 4.98 Å². The van der Waals surface area contributed by atoms with E-state index in [1.165, 1.54) is 0 Å². The molecule has 1 N–H and O–H groups in total. The molecule has 0 spiro atoms. The largest absolute Gasteiger partial charge is 0.423 e. The first-order chi connectivity index (χ1) is 8.16. The van der Waals surface area contributed by atoms with Crippen LogP contribution in [0, 0.1) is 0 Å². The second-order valence-electron chi connectivity index (χ2n) is 4.49. The average Bonchev–Trinajstić information content (AvgIpc) is 2.71. The van der Waals surface area contributed by atoms with Gasteiger partial charge >= 0.3 is 0 Å². The van der Waals surface area contributed by atoms with E-state index in [2.05, 4.69) is 24.1 Å². The zero-order valence-corrected chi connectivity index (χ0v) is 10.6. The summed E-state index contributed by atoms with van der Waals surface area (Å²) >= 11 is 0. The highest BCUT2D eigenvalue weighted by Crippen LogP contribution is 2.20. The van der Waals surface area contributed by atoms with Crippen molar-refractivity contribution < 1.29 is 4.42 Å². The highest BCUT2D eigenvalue weighted by atomic mass is 16.4. The van der Waals surface area contributed by atoms with Gasteiger partial charge in [0, 0.05) is 26.2 Å². The molecule has 4 nitrogen and oxygen atoms in total. The van der Waals surface area contributed by atoms with Crippen molar-refractivity contribution in [1.29, 1.82) is 0 Å². The molecule has 0 radical (unpaired) electrons. The molecule has 0 atom stereocenters. The van der Waals surface area contributed by atoms with Gasteiger partial charge in [0.25, 0.3) is 6.01 Å². The Morgan fingerprint density at radius 2 is 2.12 bits per heavy atom. The van der Waals surface area contributed by atoms with Crippen LogP contribution in [0.2, 0.25) is 0 Å². The topological polar surface area (TPSA) is 41.3 Å². The minimum Gasteiger partial charge on any atom is -0.423 e. The third-order valence-corrected chi connectivity index (χ3v) is 2.61. The van der Waals surface area contributed by atoms with E-state index in [1.54, 1.807) is 0 Å². The summed E-state index contributed by atoms with van der Waals surface area (Å²) in [6.07, 6.45) is 0. The number of oxazole rings is 1. The standard InChI is InChI=1S/C13H19N3O/c1-10(2)14-8-9-16(3)13-15-11-6-4-5-7-12(11)17-13/h4-7,10,14H,8-9H2,1-3H3. The number of aromatic nitrogens is 1. The fraction of sp³-hybridized carbons (Fsp3) is 0.462. The van der Waals surface area contributed by atoms with E-state index in [1.807, 2.05) is 36.2 Å². The van der Waals surface area contributed by atoms with Crippen molar-refractivity contribution in [3.05, 3.63) is 24.3 Å². The normalized spacial score (nSPS) is 11.3. The van der Waals surface area contributed by atoms with Crippen LogP contribution in [0.3, 0.4) is 0 Å². The number of anilines is 1. The summed E-state index contributed by atoms with van der Waals surface area (Å²) in [5.74, 6) is 0.